The van der Waals surface area contributed by atoms with Gasteiger partial charge in [0.1, 0.15) is 0 Å². The molecule has 12 heteroatoms. The number of fused-ring (bicyclic) bond motifs is 2. The maximum absolute atomic E-state index is 13.9. The SMILES string of the molecule is CC1(C)CCc2c1nc1c(c2NC(=O)N=[S@](N)(=O)c2nn(C(F)F)cc2F)CCC1. The van der Waals surface area contributed by atoms with Gasteiger partial charge >= 0.3 is 12.6 Å². The summed E-state index contributed by atoms with van der Waals surface area (Å²) in [7, 11) is -4.17. The molecule has 4 rings (SSSR count). The Morgan fingerprint density at radius 3 is 2.73 bits per heavy atom. The molecule has 30 heavy (non-hydrogen) atoms. The van der Waals surface area contributed by atoms with Gasteiger partial charge in [-0.3, -0.25) is 4.98 Å². The number of nitrogens with zero attached hydrogens (tertiary/aromatic N) is 4. The van der Waals surface area contributed by atoms with Crippen LogP contribution in [-0.2, 0) is 34.6 Å². The quantitative estimate of drug-likeness (QED) is 0.757. The molecule has 2 heterocycles. The molecule has 2 aliphatic rings. The van der Waals surface area contributed by atoms with E-state index in [0.29, 0.717) is 18.3 Å². The lowest BCUT2D eigenvalue weighted by Gasteiger charge is -2.20. The van der Waals surface area contributed by atoms with E-state index in [0.717, 1.165) is 48.2 Å². The van der Waals surface area contributed by atoms with E-state index in [-0.39, 0.29) is 10.1 Å². The van der Waals surface area contributed by atoms with E-state index in [2.05, 4.69) is 28.6 Å². The third kappa shape index (κ3) is 3.47. The monoisotopic (exact) mass is 442 g/mol. The summed E-state index contributed by atoms with van der Waals surface area (Å²) >= 11 is 0. The zero-order valence-corrected chi connectivity index (χ0v) is 17.2. The highest BCUT2D eigenvalue weighted by Gasteiger charge is 2.36. The van der Waals surface area contributed by atoms with Crippen LogP contribution in [0, 0.1) is 5.82 Å². The lowest BCUT2D eigenvalue weighted by Crippen LogP contribution is -2.21. The highest BCUT2D eigenvalue weighted by molar-refractivity contribution is 7.91. The van der Waals surface area contributed by atoms with E-state index in [1.54, 1.807) is 0 Å². The number of aromatic nitrogens is 3. The maximum Gasteiger partial charge on any atom is 0.354 e. The Hall–Kier alpha value is -2.47. The van der Waals surface area contributed by atoms with Crippen molar-refractivity contribution < 1.29 is 22.2 Å². The van der Waals surface area contributed by atoms with E-state index < -0.39 is 33.3 Å². The summed E-state index contributed by atoms with van der Waals surface area (Å²) < 4.78 is 55.2. The Bertz CT molecular complexity index is 1170. The summed E-state index contributed by atoms with van der Waals surface area (Å²) in [6.45, 7) is 1.01. The van der Waals surface area contributed by atoms with Gasteiger partial charge in [-0.25, -0.2) is 23.2 Å². The Morgan fingerprint density at radius 1 is 1.33 bits per heavy atom. The molecular weight excluding hydrogens is 421 g/mol. The van der Waals surface area contributed by atoms with Gasteiger partial charge in [-0.05, 0) is 43.2 Å². The number of nitrogens with two attached hydrogens (primary N) is 1. The molecule has 2 aromatic rings. The number of halogens is 3. The molecule has 0 bridgehead atoms. The average molecular weight is 442 g/mol. The molecule has 0 saturated carbocycles. The van der Waals surface area contributed by atoms with Gasteiger partial charge < -0.3 is 5.32 Å². The lowest BCUT2D eigenvalue weighted by molar-refractivity contribution is 0.0552. The second kappa shape index (κ2) is 7.05. The molecule has 0 radical (unpaired) electrons. The first-order chi connectivity index (χ1) is 14.0. The Kier molecular flexibility index (Phi) is 4.88. The Morgan fingerprint density at radius 2 is 2.07 bits per heavy atom. The number of aryl methyl sites for hydroxylation is 1. The molecule has 0 fully saturated rings. The second-order valence-corrected chi connectivity index (χ2v) is 9.81. The second-order valence-electron chi connectivity index (χ2n) is 8.11. The van der Waals surface area contributed by atoms with E-state index in [1.807, 2.05) is 0 Å². The third-order valence-electron chi connectivity index (χ3n) is 5.55. The standard InChI is InChI=1S/C18H21F3N6O2S/c1-18(2)7-6-10-13(9-4-3-5-12(9)23-14(10)18)24-17(28)26-30(22,29)15-11(19)8-27(25-15)16(20)21/h8,16H,3-7H2,1-2H3,(H3,22,23,24,26,28,29)/t30-/m0/s1. The number of nitrogens with one attached hydrogen (secondary N) is 1. The number of hydrogen-bond acceptors (Lipinski definition) is 4. The van der Waals surface area contributed by atoms with Gasteiger partial charge in [-0.1, -0.05) is 13.8 Å². The molecule has 0 saturated heterocycles. The Balaban J connectivity index is 1.71. The molecular formula is C18H21F3N6O2S. The first-order valence-corrected chi connectivity index (χ1v) is 11.0. The van der Waals surface area contributed by atoms with E-state index >= 15 is 0 Å². The van der Waals surface area contributed by atoms with Gasteiger partial charge in [-0.15, -0.1) is 4.36 Å². The Labute approximate surface area is 171 Å². The minimum atomic E-state index is -4.17. The van der Waals surface area contributed by atoms with Gasteiger partial charge in [0.05, 0.1) is 17.6 Å². The van der Waals surface area contributed by atoms with Gasteiger partial charge in [0, 0.05) is 11.1 Å². The first-order valence-electron chi connectivity index (χ1n) is 9.43. The minimum absolute atomic E-state index is 0.0324. The number of amides is 2. The lowest BCUT2D eigenvalue weighted by atomic mass is 9.90. The van der Waals surface area contributed by atoms with Crippen molar-refractivity contribution in [1.82, 2.24) is 14.8 Å². The number of hydrogen-bond donors (Lipinski definition) is 2. The van der Waals surface area contributed by atoms with Crippen LogP contribution >= 0.6 is 0 Å². The molecule has 2 aromatic heterocycles. The number of urea groups is 1. The summed E-state index contributed by atoms with van der Waals surface area (Å²) in [5.74, 6) is -1.33. The number of alkyl halides is 2. The van der Waals surface area contributed by atoms with Gasteiger partial charge in [0.15, 0.2) is 15.7 Å². The summed E-state index contributed by atoms with van der Waals surface area (Å²) in [6.07, 6.45) is 4.35. The summed E-state index contributed by atoms with van der Waals surface area (Å²) in [6, 6.07) is -1.05. The molecule has 0 aromatic carbocycles. The molecule has 2 amide bonds. The fraction of sp³-hybridized carbons (Fsp3) is 0.500. The maximum atomic E-state index is 13.9. The predicted octanol–water partition coefficient (Wildman–Crippen LogP) is 3.46. The predicted molar refractivity (Wildman–Crippen MR) is 103 cm³/mol. The van der Waals surface area contributed by atoms with Crippen LogP contribution < -0.4 is 10.5 Å². The molecule has 8 nitrogen and oxygen atoms in total. The zero-order valence-electron chi connectivity index (χ0n) is 16.4. The number of anilines is 1. The van der Waals surface area contributed by atoms with E-state index in [4.69, 9.17) is 10.1 Å². The number of rotatable bonds is 3. The van der Waals surface area contributed by atoms with Crippen molar-refractivity contribution in [3.63, 3.8) is 0 Å². The first kappa shape index (κ1) is 20.8. The molecule has 2 aliphatic carbocycles. The van der Waals surface area contributed by atoms with Crippen LogP contribution in [0.2, 0.25) is 0 Å². The zero-order chi connectivity index (χ0) is 21.8. The van der Waals surface area contributed by atoms with Gasteiger partial charge in [0.2, 0.25) is 5.03 Å². The van der Waals surface area contributed by atoms with Crippen molar-refractivity contribution in [2.24, 2.45) is 9.50 Å². The van der Waals surface area contributed by atoms with Crippen molar-refractivity contribution in [2.45, 2.75) is 62.9 Å². The fourth-order valence-corrected chi connectivity index (χ4v) is 5.00. The smallest absolute Gasteiger partial charge is 0.305 e. The number of pyridine rings is 1. The van der Waals surface area contributed by atoms with Crippen molar-refractivity contribution >= 4 is 21.6 Å². The molecule has 1 atom stereocenters. The highest BCUT2D eigenvalue weighted by Crippen LogP contribution is 2.44. The fourth-order valence-electron chi connectivity index (χ4n) is 4.08. The van der Waals surface area contributed by atoms with Crippen LogP contribution in [0.15, 0.2) is 15.6 Å². The number of carbonyl (C=O) groups is 1. The van der Waals surface area contributed by atoms with Crippen molar-refractivity contribution in [1.29, 1.82) is 0 Å². The summed E-state index contributed by atoms with van der Waals surface area (Å²) in [4.78, 5) is 17.4. The van der Waals surface area contributed by atoms with Crippen LogP contribution in [0.4, 0.5) is 23.7 Å². The third-order valence-corrected chi connectivity index (χ3v) is 6.82. The van der Waals surface area contributed by atoms with E-state index in [1.165, 1.54) is 0 Å². The molecule has 162 valence electrons. The minimum Gasteiger partial charge on any atom is -0.305 e. The average Bonchev–Trinajstić information content (AvgIpc) is 3.32. The van der Waals surface area contributed by atoms with Gasteiger partial charge in [-0.2, -0.15) is 13.9 Å². The molecule has 0 unspecified atom stereocenters. The van der Waals surface area contributed by atoms with Crippen LogP contribution in [0.25, 0.3) is 0 Å². The topological polar surface area (TPSA) is 115 Å². The van der Waals surface area contributed by atoms with Crippen molar-refractivity contribution in [3.05, 3.63) is 34.5 Å². The highest BCUT2D eigenvalue weighted by atomic mass is 32.2. The van der Waals surface area contributed by atoms with E-state index in [9.17, 15) is 22.2 Å². The normalized spacial score (nSPS) is 18.8. The van der Waals surface area contributed by atoms with Gasteiger partial charge in [0.25, 0.3) is 0 Å². The summed E-state index contributed by atoms with van der Waals surface area (Å²) in [5, 5.41) is 10.3. The molecule has 0 spiro atoms. The van der Waals surface area contributed by atoms with Crippen LogP contribution in [0.3, 0.4) is 0 Å². The van der Waals surface area contributed by atoms with Crippen LogP contribution in [-0.4, -0.2) is 25.0 Å². The number of carbonyl (C=O) groups excluding carboxylic acids is 1. The molecule has 3 N–H and O–H groups in total. The van der Waals surface area contributed by atoms with Crippen LogP contribution in [0.5, 0.6) is 0 Å². The largest absolute Gasteiger partial charge is 0.354 e. The van der Waals surface area contributed by atoms with Crippen molar-refractivity contribution in [2.75, 3.05) is 5.32 Å². The molecule has 0 aliphatic heterocycles. The van der Waals surface area contributed by atoms with Crippen LogP contribution in [0.1, 0.15) is 55.8 Å². The summed E-state index contributed by atoms with van der Waals surface area (Å²) in [5.41, 5.74) is 4.08. The van der Waals surface area contributed by atoms with Crippen molar-refractivity contribution in [3.8, 4) is 0 Å².